The zero-order valence-corrected chi connectivity index (χ0v) is 15.8. The molecule has 0 spiro atoms. The van der Waals surface area contributed by atoms with E-state index in [1.54, 1.807) is 0 Å². The minimum absolute atomic E-state index is 0.226. The topological polar surface area (TPSA) is 41.4 Å². The number of aryl methyl sites for hydroxylation is 2. The average Bonchev–Trinajstić information content (AvgIpc) is 3.12. The number of carbonyl (C=O) groups is 1. The van der Waals surface area contributed by atoms with Gasteiger partial charge in [-0.3, -0.25) is 14.4 Å². The third-order valence-electron chi connectivity index (χ3n) is 5.34. The summed E-state index contributed by atoms with van der Waals surface area (Å²) in [5.74, 6) is 0.226. The number of aromatic nitrogens is 2. The van der Waals surface area contributed by atoms with Crippen molar-refractivity contribution in [2.24, 2.45) is 0 Å². The number of hydrogen-bond acceptors (Lipinski definition) is 3. The number of amides is 1. The maximum atomic E-state index is 12.6. The Kier molecular flexibility index (Phi) is 5.21. The minimum atomic E-state index is 0.226. The van der Waals surface area contributed by atoms with Crippen LogP contribution in [0.2, 0.25) is 0 Å². The third kappa shape index (κ3) is 4.19. The molecule has 1 saturated heterocycles. The summed E-state index contributed by atoms with van der Waals surface area (Å²) >= 11 is 0. The van der Waals surface area contributed by atoms with Crippen LogP contribution in [0.5, 0.6) is 0 Å². The third-order valence-corrected chi connectivity index (χ3v) is 5.34. The van der Waals surface area contributed by atoms with Gasteiger partial charge in [0.15, 0.2) is 0 Å². The second-order valence-electron chi connectivity index (χ2n) is 7.32. The molecule has 5 nitrogen and oxygen atoms in total. The highest BCUT2D eigenvalue weighted by Gasteiger charge is 2.21. The van der Waals surface area contributed by atoms with Gasteiger partial charge in [0.05, 0.1) is 18.3 Å². The van der Waals surface area contributed by atoms with Gasteiger partial charge in [-0.15, -0.1) is 0 Å². The van der Waals surface area contributed by atoms with Crippen LogP contribution in [-0.2, 0) is 17.9 Å². The lowest BCUT2D eigenvalue weighted by Gasteiger charge is -2.34. The molecular weight excluding hydrogens is 336 g/mol. The fourth-order valence-electron chi connectivity index (χ4n) is 3.67. The predicted octanol–water partition coefficient (Wildman–Crippen LogP) is 3.08. The van der Waals surface area contributed by atoms with Crippen molar-refractivity contribution in [3.05, 3.63) is 65.9 Å². The number of rotatable bonds is 5. The van der Waals surface area contributed by atoms with Crippen LogP contribution in [-0.4, -0.2) is 51.7 Å². The zero-order chi connectivity index (χ0) is 18.6. The first kappa shape index (κ1) is 17.7. The Morgan fingerprint density at radius 2 is 1.74 bits per heavy atom. The van der Waals surface area contributed by atoms with Crippen molar-refractivity contribution < 1.29 is 4.79 Å². The molecule has 1 aliphatic heterocycles. The van der Waals surface area contributed by atoms with Crippen LogP contribution in [0, 0.1) is 6.92 Å². The smallest absolute Gasteiger partial charge is 0.224 e. The Bertz CT molecular complexity index is 907. The van der Waals surface area contributed by atoms with Crippen molar-refractivity contribution in [1.82, 2.24) is 19.6 Å². The molecule has 0 N–H and O–H groups in total. The molecule has 0 atom stereocenters. The van der Waals surface area contributed by atoms with Crippen LogP contribution in [0.15, 0.2) is 54.7 Å². The summed E-state index contributed by atoms with van der Waals surface area (Å²) in [6.07, 6.45) is 2.37. The van der Waals surface area contributed by atoms with Crippen molar-refractivity contribution in [1.29, 1.82) is 0 Å². The molecule has 140 valence electrons. The summed E-state index contributed by atoms with van der Waals surface area (Å²) in [6, 6.07) is 16.8. The van der Waals surface area contributed by atoms with E-state index in [0.717, 1.165) is 43.6 Å². The first-order chi connectivity index (χ1) is 13.2. The van der Waals surface area contributed by atoms with Gasteiger partial charge in [-0.25, -0.2) is 0 Å². The van der Waals surface area contributed by atoms with Crippen LogP contribution in [0.1, 0.15) is 17.5 Å². The fraction of sp³-hybridized carbons (Fsp3) is 0.364. The summed E-state index contributed by atoms with van der Waals surface area (Å²) in [4.78, 5) is 17.0. The summed E-state index contributed by atoms with van der Waals surface area (Å²) in [5.41, 5.74) is 3.72. The standard InChI is InChI=1S/C22H26N4O/c1-18-6-8-19(9-7-18)17-24-12-14-25(15-13-24)22(27)10-11-26-21-5-3-2-4-20(21)16-23-26/h2-9,16H,10-15,17H2,1H3. The molecule has 2 heterocycles. The highest BCUT2D eigenvalue weighted by atomic mass is 16.2. The highest BCUT2D eigenvalue weighted by Crippen LogP contribution is 2.14. The number of para-hydroxylation sites is 1. The minimum Gasteiger partial charge on any atom is -0.340 e. The van der Waals surface area contributed by atoms with Gasteiger partial charge < -0.3 is 4.90 Å². The molecule has 0 saturated carbocycles. The first-order valence-electron chi connectivity index (χ1n) is 9.65. The number of fused-ring (bicyclic) bond motifs is 1. The van der Waals surface area contributed by atoms with Gasteiger partial charge in [-0.1, -0.05) is 48.0 Å². The van der Waals surface area contributed by atoms with E-state index in [2.05, 4.69) is 47.3 Å². The van der Waals surface area contributed by atoms with Crippen molar-refractivity contribution in [2.45, 2.75) is 26.4 Å². The van der Waals surface area contributed by atoms with Crippen molar-refractivity contribution >= 4 is 16.8 Å². The van der Waals surface area contributed by atoms with E-state index in [1.807, 2.05) is 34.0 Å². The lowest BCUT2D eigenvalue weighted by atomic mass is 10.1. The lowest BCUT2D eigenvalue weighted by molar-refractivity contribution is -0.133. The number of benzene rings is 2. The maximum Gasteiger partial charge on any atom is 0.224 e. The van der Waals surface area contributed by atoms with Gasteiger partial charge in [0, 0.05) is 44.5 Å². The second-order valence-corrected chi connectivity index (χ2v) is 7.32. The molecule has 0 radical (unpaired) electrons. The Balaban J connectivity index is 1.26. The van der Waals surface area contributed by atoms with Crippen molar-refractivity contribution in [2.75, 3.05) is 26.2 Å². The van der Waals surface area contributed by atoms with E-state index in [1.165, 1.54) is 11.1 Å². The van der Waals surface area contributed by atoms with Crippen LogP contribution in [0.4, 0.5) is 0 Å². The molecule has 1 aromatic heterocycles. The van der Waals surface area contributed by atoms with Gasteiger partial charge in [0.1, 0.15) is 0 Å². The molecule has 0 bridgehead atoms. The molecule has 1 aliphatic rings. The van der Waals surface area contributed by atoms with Crippen molar-refractivity contribution in [3.8, 4) is 0 Å². The van der Waals surface area contributed by atoms with Gasteiger partial charge >= 0.3 is 0 Å². The largest absolute Gasteiger partial charge is 0.340 e. The number of nitrogens with zero attached hydrogens (tertiary/aromatic N) is 4. The van der Waals surface area contributed by atoms with E-state index >= 15 is 0 Å². The normalized spacial score (nSPS) is 15.4. The molecule has 0 unspecified atom stereocenters. The van der Waals surface area contributed by atoms with E-state index in [-0.39, 0.29) is 5.91 Å². The summed E-state index contributed by atoms with van der Waals surface area (Å²) in [5, 5.41) is 5.54. The highest BCUT2D eigenvalue weighted by molar-refractivity contribution is 5.79. The van der Waals surface area contributed by atoms with Crippen LogP contribution >= 0.6 is 0 Å². The van der Waals surface area contributed by atoms with E-state index in [4.69, 9.17) is 0 Å². The first-order valence-corrected chi connectivity index (χ1v) is 9.65. The molecule has 1 fully saturated rings. The Hall–Kier alpha value is -2.66. The van der Waals surface area contributed by atoms with Crippen LogP contribution in [0.3, 0.4) is 0 Å². The second kappa shape index (κ2) is 7.92. The number of hydrogen-bond donors (Lipinski definition) is 0. The molecule has 1 amide bonds. The maximum absolute atomic E-state index is 12.6. The van der Waals surface area contributed by atoms with Crippen molar-refractivity contribution in [3.63, 3.8) is 0 Å². The molecule has 3 aromatic rings. The number of carbonyl (C=O) groups excluding carboxylic acids is 1. The summed E-state index contributed by atoms with van der Waals surface area (Å²) in [7, 11) is 0. The van der Waals surface area contributed by atoms with Crippen LogP contribution < -0.4 is 0 Å². The van der Waals surface area contributed by atoms with E-state index < -0.39 is 0 Å². The SMILES string of the molecule is Cc1ccc(CN2CCN(C(=O)CCn3ncc4ccccc43)CC2)cc1. The Morgan fingerprint density at radius 3 is 2.52 bits per heavy atom. The molecule has 0 aliphatic carbocycles. The van der Waals surface area contributed by atoms with Gasteiger partial charge in [-0.2, -0.15) is 5.10 Å². The predicted molar refractivity (Wildman–Crippen MR) is 107 cm³/mol. The van der Waals surface area contributed by atoms with Gasteiger partial charge in [-0.05, 0) is 18.6 Å². The Labute approximate surface area is 160 Å². The Morgan fingerprint density at radius 1 is 1.00 bits per heavy atom. The lowest BCUT2D eigenvalue weighted by Crippen LogP contribution is -2.48. The van der Waals surface area contributed by atoms with E-state index in [0.29, 0.717) is 13.0 Å². The van der Waals surface area contributed by atoms with Gasteiger partial charge in [0.2, 0.25) is 5.91 Å². The molecule has 2 aromatic carbocycles. The summed E-state index contributed by atoms with van der Waals surface area (Å²) in [6.45, 7) is 7.20. The molecular formula is C22H26N4O. The monoisotopic (exact) mass is 362 g/mol. The molecule has 27 heavy (non-hydrogen) atoms. The molecule has 4 rings (SSSR count). The average molecular weight is 362 g/mol. The fourth-order valence-corrected chi connectivity index (χ4v) is 3.67. The van der Waals surface area contributed by atoms with E-state index in [9.17, 15) is 4.79 Å². The zero-order valence-electron chi connectivity index (χ0n) is 15.8. The van der Waals surface area contributed by atoms with Gasteiger partial charge in [0.25, 0.3) is 0 Å². The molecule has 5 heteroatoms. The van der Waals surface area contributed by atoms with Crippen LogP contribution in [0.25, 0.3) is 10.9 Å². The summed E-state index contributed by atoms with van der Waals surface area (Å²) < 4.78 is 1.93. The number of piperazine rings is 1. The quantitative estimate of drug-likeness (QED) is 0.700.